The zero-order valence-corrected chi connectivity index (χ0v) is 25.4. The van der Waals surface area contributed by atoms with E-state index in [4.69, 9.17) is 11.5 Å². The second-order valence-electron chi connectivity index (χ2n) is 9.03. The Bertz CT molecular complexity index is 1910. The molecular weight excluding hydrogens is 632 g/mol. The third kappa shape index (κ3) is 6.49. The summed E-state index contributed by atoms with van der Waals surface area (Å²) in [5.41, 5.74) is 15.6. The molecule has 0 fully saturated rings. The molecule has 0 atom stereocenters. The van der Waals surface area contributed by atoms with Gasteiger partial charge in [0.15, 0.2) is 0 Å². The van der Waals surface area contributed by atoms with Crippen molar-refractivity contribution in [3.05, 3.63) is 118 Å². The molecule has 6 N–H and O–H groups in total. The van der Waals surface area contributed by atoms with Crippen LogP contribution in [0.1, 0.15) is 24.9 Å². The molecule has 0 spiro atoms. The van der Waals surface area contributed by atoms with Crippen LogP contribution < -0.4 is 22.1 Å². The van der Waals surface area contributed by atoms with Crippen LogP contribution in [0.4, 0.5) is 22.7 Å². The number of carbonyl (C=O) groups excluding carboxylic acids is 2. The van der Waals surface area contributed by atoms with E-state index in [0.717, 1.165) is 48.3 Å². The Kier molecular flexibility index (Phi) is 8.91. The van der Waals surface area contributed by atoms with Crippen molar-refractivity contribution in [1.82, 2.24) is 9.97 Å². The van der Waals surface area contributed by atoms with Crippen molar-refractivity contribution in [2.24, 2.45) is 0 Å². The van der Waals surface area contributed by atoms with E-state index in [9.17, 15) is 9.59 Å². The minimum Gasteiger partial charge on any atom is -0.397 e. The van der Waals surface area contributed by atoms with Gasteiger partial charge >= 0.3 is 0 Å². The Morgan fingerprint density at radius 2 is 1.26 bits per heavy atom. The molecule has 0 bridgehead atoms. The standard InChI is InChI=1S/C17H15N3OS.C14H10BrN3OS/c1-2-6-11-9-13-14(18)15(22-17(13)19-10-11)16(21)20-12-7-4-3-5-8-12;15-8-6-10-11(16)12(20-14(10)17-7-8)13(19)18-9-4-2-1-3-5-9/h2-5,7-10H,1,6,18H2,(H,20,21);1-7H,16H2,(H,18,19). The molecule has 2 aromatic carbocycles. The quantitative estimate of drug-likeness (QED) is 0.135. The average molecular weight is 658 g/mol. The Morgan fingerprint density at radius 1 is 0.786 bits per heavy atom. The third-order valence-corrected chi connectivity index (χ3v) is 8.74. The van der Waals surface area contributed by atoms with Gasteiger partial charge in [-0.2, -0.15) is 0 Å². The maximum atomic E-state index is 12.4. The number of nitrogens with two attached hydrogens (primary N) is 2. The van der Waals surface area contributed by atoms with Gasteiger partial charge in [-0.1, -0.05) is 42.5 Å². The van der Waals surface area contributed by atoms with Crippen LogP contribution in [-0.2, 0) is 6.42 Å². The highest BCUT2D eigenvalue weighted by Gasteiger charge is 2.18. The third-order valence-electron chi connectivity index (χ3n) is 6.05. The van der Waals surface area contributed by atoms with E-state index in [1.54, 1.807) is 12.4 Å². The van der Waals surface area contributed by atoms with Gasteiger partial charge in [-0.05, 0) is 64.3 Å². The summed E-state index contributed by atoms with van der Waals surface area (Å²) < 4.78 is 0.838. The number of nitrogen functional groups attached to an aromatic ring is 2. The molecule has 8 nitrogen and oxygen atoms in total. The highest BCUT2D eigenvalue weighted by atomic mass is 79.9. The van der Waals surface area contributed by atoms with Gasteiger partial charge in [-0.15, -0.1) is 29.3 Å². The van der Waals surface area contributed by atoms with Gasteiger partial charge in [0.1, 0.15) is 19.4 Å². The molecule has 210 valence electrons. The monoisotopic (exact) mass is 656 g/mol. The van der Waals surface area contributed by atoms with Crippen LogP contribution in [0.3, 0.4) is 0 Å². The number of benzene rings is 2. The first-order valence-electron chi connectivity index (χ1n) is 12.7. The van der Waals surface area contributed by atoms with Crippen LogP contribution >= 0.6 is 38.6 Å². The van der Waals surface area contributed by atoms with Crippen molar-refractivity contribution < 1.29 is 9.59 Å². The molecule has 0 aliphatic rings. The Balaban J connectivity index is 0.000000169. The van der Waals surface area contributed by atoms with Crippen molar-refractivity contribution in [3.63, 3.8) is 0 Å². The minimum atomic E-state index is -0.215. The number of halogens is 1. The summed E-state index contributed by atoms with van der Waals surface area (Å²) in [6, 6.07) is 22.4. The maximum absolute atomic E-state index is 12.4. The van der Waals surface area contributed by atoms with Gasteiger partial charge in [0, 0.05) is 39.0 Å². The number of hydrogen-bond donors (Lipinski definition) is 4. The number of hydrogen-bond acceptors (Lipinski definition) is 8. The Labute approximate surface area is 258 Å². The number of rotatable bonds is 6. The maximum Gasteiger partial charge on any atom is 0.267 e. The Morgan fingerprint density at radius 3 is 1.76 bits per heavy atom. The van der Waals surface area contributed by atoms with E-state index >= 15 is 0 Å². The zero-order chi connectivity index (χ0) is 29.6. The highest BCUT2D eigenvalue weighted by Crippen LogP contribution is 2.35. The molecule has 0 aliphatic heterocycles. The van der Waals surface area contributed by atoms with Gasteiger partial charge in [-0.3, -0.25) is 9.59 Å². The number of allylic oxidation sites excluding steroid dienone is 1. The van der Waals surface area contributed by atoms with Crippen LogP contribution in [0.2, 0.25) is 0 Å². The van der Waals surface area contributed by atoms with Gasteiger partial charge in [0.2, 0.25) is 0 Å². The molecular formula is C31H25BrN6O2S2. The molecule has 4 aromatic heterocycles. The van der Waals surface area contributed by atoms with Crippen molar-refractivity contribution >= 4 is 93.6 Å². The number of fused-ring (bicyclic) bond motifs is 2. The Hall–Kier alpha value is -4.58. The van der Waals surface area contributed by atoms with E-state index in [0.29, 0.717) is 21.1 Å². The lowest BCUT2D eigenvalue weighted by Gasteiger charge is -2.03. The van der Waals surface area contributed by atoms with Crippen molar-refractivity contribution in [2.75, 3.05) is 22.1 Å². The number of thiophene rings is 2. The lowest BCUT2D eigenvalue weighted by Crippen LogP contribution is -2.11. The van der Waals surface area contributed by atoms with Crippen LogP contribution in [-0.4, -0.2) is 21.8 Å². The average Bonchev–Trinajstić information content (AvgIpc) is 3.51. The molecule has 4 heterocycles. The predicted molar refractivity (Wildman–Crippen MR) is 178 cm³/mol. The van der Waals surface area contributed by atoms with E-state index in [1.807, 2.05) is 78.9 Å². The highest BCUT2D eigenvalue weighted by molar-refractivity contribution is 9.10. The number of carbonyl (C=O) groups is 2. The summed E-state index contributed by atoms with van der Waals surface area (Å²) in [5, 5.41) is 7.29. The van der Waals surface area contributed by atoms with E-state index in [-0.39, 0.29) is 11.8 Å². The van der Waals surface area contributed by atoms with Gasteiger partial charge in [-0.25, -0.2) is 9.97 Å². The first-order chi connectivity index (χ1) is 20.3. The largest absolute Gasteiger partial charge is 0.397 e. The van der Waals surface area contributed by atoms with Crippen LogP contribution in [0, 0.1) is 0 Å². The van der Waals surface area contributed by atoms with E-state index in [1.165, 1.54) is 22.7 Å². The van der Waals surface area contributed by atoms with Crippen LogP contribution in [0.5, 0.6) is 0 Å². The molecule has 0 saturated carbocycles. The van der Waals surface area contributed by atoms with Gasteiger partial charge < -0.3 is 22.1 Å². The lowest BCUT2D eigenvalue weighted by atomic mass is 10.1. The fourth-order valence-electron chi connectivity index (χ4n) is 4.05. The smallest absolute Gasteiger partial charge is 0.267 e. The van der Waals surface area contributed by atoms with Crippen molar-refractivity contribution in [1.29, 1.82) is 0 Å². The van der Waals surface area contributed by atoms with Gasteiger partial charge in [0.25, 0.3) is 11.8 Å². The number of amides is 2. The number of aromatic nitrogens is 2. The second kappa shape index (κ2) is 12.9. The molecule has 11 heteroatoms. The molecule has 6 rings (SSSR count). The zero-order valence-electron chi connectivity index (χ0n) is 22.1. The molecule has 42 heavy (non-hydrogen) atoms. The number of nitrogens with one attached hydrogen (secondary N) is 2. The van der Waals surface area contributed by atoms with Crippen LogP contribution in [0.25, 0.3) is 20.4 Å². The number of pyridine rings is 2. The molecule has 0 aliphatic carbocycles. The SMILES string of the molecule is C=CCc1cnc2sc(C(=O)Nc3ccccc3)c(N)c2c1.Nc1c(C(=O)Nc2ccccc2)sc2ncc(Br)cc12. The van der Waals surface area contributed by atoms with Crippen LogP contribution in [0.15, 0.2) is 102 Å². The second-order valence-corrected chi connectivity index (χ2v) is 11.9. The molecule has 6 aromatic rings. The molecule has 0 saturated heterocycles. The van der Waals surface area contributed by atoms with Crippen molar-refractivity contribution in [3.8, 4) is 0 Å². The topological polar surface area (TPSA) is 136 Å². The summed E-state index contributed by atoms with van der Waals surface area (Å²) in [6.45, 7) is 3.72. The summed E-state index contributed by atoms with van der Waals surface area (Å²) >= 11 is 5.95. The molecule has 0 radical (unpaired) electrons. The normalized spacial score (nSPS) is 10.6. The van der Waals surface area contributed by atoms with E-state index < -0.39 is 0 Å². The minimum absolute atomic E-state index is 0.211. The molecule has 0 unspecified atom stereocenters. The molecule has 2 amide bonds. The fourth-order valence-corrected chi connectivity index (χ4v) is 6.27. The fraction of sp³-hybridized carbons (Fsp3) is 0.0323. The summed E-state index contributed by atoms with van der Waals surface area (Å²) in [5.74, 6) is -0.426. The van der Waals surface area contributed by atoms with Gasteiger partial charge in [0.05, 0.1) is 11.4 Å². The van der Waals surface area contributed by atoms with E-state index in [2.05, 4.69) is 43.1 Å². The van der Waals surface area contributed by atoms with Crippen molar-refractivity contribution in [2.45, 2.75) is 6.42 Å². The number of para-hydroxylation sites is 2. The first-order valence-corrected chi connectivity index (χ1v) is 15.1. The number of nitrogens with zero attached hydrogens (tertiary/aromatic N) is 2. The summed E-state index contributed by atoms with van der Waals surface area (Å²) in [4.78, 5) is 35.8. The first kappa shape index (κ1) is 28.9. The summed E-state index contributed by atoms with van der Waals surface area (Å²) in [7, 11) is 0. The summed E-state index contributed by atoms with van der Waals surface area (Å²) in [6.07, 6.45) is 6.02. The predicted octanol–water partition coefficient (Wildman–Crippen LogP) is 7.75. The lowest BCUT2D eigenvalue weighted by molar-refractivity contribution is 0.102. The number of anilines is 4.